The largest absolute Gasteiger partial charge is 0.368 e. The Morgan fingerprint density at radius 3 is 2.66 bits per heavy atom. The highest BCUT2D eigenvalue weighted by Gasteiger charge is 2.18. The molecule has 3 aromatic carbocycles. The Labute approximate surface area is 176 Å². The lowest BCUT2D eigenvalue weighted by Crippen LogP contribution is -2.46. The van der Waals surface area contributed by atoms with Crippen LogP contribution in [0.15, 0.2) is 66.2 Å². The molecule has 0 radical (unpaired) electrons. The number of hydrogen-bond donors (Lipinski definition) is 0. The molecular formula is C25H27N3S. The number of fused-ring (bicyclic) bond motifs is 2. The number of nitrogens with zero attached hydrogens (tertiary/aromatic N) is 3. The van der Waals surface area contributed by atoms with Crippen LogP contribution in [0.4, 0.5) is 5.69 Å². The number of benzene rings is 3. The zero-order valence-electron chi connectivity index (χ0n) is 16.8. The van der Waals surface area contributed by atoms with Crippen molar-refractivity contribution in [3.05, 3.63) is 71.7 Å². The van der Waals surface area contributed by atoms with Crippen LogP contribution in [-0.4, -0.2) is 42.6 Å². The van der Waals surface area contributed by atoms with Gasteiger partial charge in [0.15, 0.2) is 0 Å². The Balaban J connectivity index is 1.10. The third kappa shape index (κ3) is 4.14. The average Bonchev–Trinajstić information content (AvgIpc) is 3.25. The van der Waals surface area contributed by atoms with Gasteiger partial charge >= 0.3 is 0 Å². The first-order valence-corrected chi connectivity index (χ1v) is 11.5. The van der Waals surface area contributed by atoms with Crippen molar-refractivity contribution in [3.8, 4) is 0 Å². The van der Waals surface area contributed by atoms with Crippen LogP contribution < -0.4 is 4.90 Å². The van der Waals surface area contributed by atoms with Gasteiger partial charge in [-0.25, -0.2) is 4.98 Å². The minimum absolute atomic E-state index is 1.12. The summed E-state index contributed by atoms with van der Waals surface area (Å²) in [5.41, 5.74) is 5.90. The van der Waals surface area contributed by atoms with Crippen LogP contribution in [0.2, 0.25) is 0 Å². The molecule has 0 saturated carbocycles. The van der Waals surface area contributed by atoms with E-state index in [1.807, 2.05) is 5.51 Å². The minimum atomic E-state index is 1.12. The maximum absolute atomic E-state index is 4.37. The molecule has 148 valence electrons. The first-order valence-electron chi connectivity index (χ1n) is 10.6. The lowest BCUT2D eigenvalue weighted by atomic mass is 10.1. The van der Waals surface area contributed by atoms with E-state index >= 15 is 0 Å². The fourth-order valence-corrected chi connectivity index (χ4v) is 5.16. The summed E-state index contributed by atoms with van der Waals surface area (Å²) in [4.78, 5) is 9.56. The van der Waals surface area contributed by atoms with Crippen LogP contribution in [0.25, 0.3) is 21.0 Å². The van der Waals surface area contributed by atoms with Gasteiger partial charge in [0.2, 0.25) is 0 Å². The number of unbranched alkanes of at least 4 members (excludes halogenated alkanes) is 1. The second kappa shape index (κ2) is 8.52. The molecule has 0 amide bonds. The highest BCUT2D eigenvalue weighted by Crippen LogP contribution is 2.27. The van der Waals surface area contributed by atoms with E-state index in [0.29, 0.717) is 0 Å². The number of thiazole rings is 1. The van der Waals surface area contributed by atoms with Gasteiger partial charge in [-0.2, -0.15) is 0 Å². The number of piperazine rings is 1. The average molecular weight is 402 g/mol. The van der Waals surface area contributed by atoms with E-state index in [1.165, 1.54) is 52.5 Å². The summed E-state index contributed by atoms with van der Waals surface area (Å²) in [6.45, 7) is 5.78. The van der Waals surface area contributed by atoms with Crippen molar-refractivity contribution < 1.29 is 0 Å². The van der Waals surface area contributed by atoms with Crippen molar-refractivity contribution in [3.63, 3.8) is 0 Å². The van der Waals surface area contributed by atoms with Crippen LogP contribution >= 0.6 is 11.3 Å². The predicted octanol–water partition coefficient (Wildman–Crippen LogP) is 5.59. The van der Waals surface area contributed by atoms with Gasteiger partial charge in [0.25, 0.3) is 0 Å². The SMILES string of the molecule is c1ccc2c(N3CCN(CCCCc4ccc5ncsc5c4)CC3)cccc2c1. The van der Waals surface area contributed by atoms with Gasteiger partial charge in [0, 0.05) is 37.3 Å². The molecule has 1 saturated heterocycles. The standard InChI is InChI=1S/C25H27N3S/c1-2-9-22-21(7-1)8-5-10-24(22)28-16-14-27(15-17-28)13-4-3-6-20-11-12-23-25(18-20)29-19-26-23/h1-2,5,7-12,18-19H,3-4,6,13-17H2. The van der Waals surface area contributed by atoms with Crippen molar-refractivity contribution in [2.75, 3.05) is 37.6 Å². The smallest absolute Gasteiger partial charge is 0.0812 e. The molecule has 0 spiro atoms. The maximum Gasteiger partial charge on any atom is 0.0812 e. The van der Waals surface area contributed by atoms with Crippen LogP contribution in [0.5, 0.6) is 0 Å². The Morgan fingerprint density at radius 1 is 0.862 bits per heavy atom. The summed E-state index contributed by atoms with van der Waals surface area (Å²) in [6, 6.07) is 22.1. The molecule has 0 N–H and O–H groups in total. The van der Waals surface area contributed by atoms with Crippen LogP contribution in [0, 0.1) is 0 Å². The zero-order valence-corrected chi connectivity index (χ0v) is 17.6. The van der Waals surface area contributed by atoms with Gasteiger partial charge < -0.3 is 4.90 Å². The van der Waals surface area contributed by atoms with E-state index in [4.69, 9.17) is 0 Å². The number of hydrogen-bond acceptors (Lipinski definition) is 4. The third-order valence-corrected chi connectivity index (χ3v) is 6.86. The van der Waals surface area contributed by atoms with Gasteiger partial charge in [-0.15, -0.1) is 11.3 Å². The molecule has 1 aromatic heterocycles. The Morgan fingerprint density at radius 2 is 1.72 bits per heavy atom. The molecule has 4 heteroatoms. The Hall–Kier alpha value is -2.43. The van der Waals surface area contributed by atoms with Gasteiger partial charge in [0.05, 0.1) is 15.7 Å². The summed E-state index contributed by atoms with van der Waals surface area (Å²) in [5.74, 6) is 0. The molecule has 4 aromatic rings. The van der Waals surface area contributed by atoms with Crippen molar-refractivity contribution in [2.45, 2.75) is 19.3 Å². The second-order valence-electron chi connectivity index (χ2n) is 7.94. The first-order chi connectivity index (χ1) is 14.4. The lowest BCUT2D eigenvalue weighted by Gasteiger charge is -2.36. The van der Waals surface area contributed by atoms with Gasteiger partial charge in [-0.05, 0) is 55.0 Å². The number of rotatable bonds is 6. The molecule has 0 atom stereocenters. The van der Waals surface area contributed by atoms with Gasteiger partial charge in [-0.1, -0.05) is 42.5 Å². The highest BCUT2D eigenvalue weighted by atomic mass is 32.1. The monoisotopic (exact) mass is 401 g/mol. The lowest BCUT2D eigenvalue weighted by molar-refractivity contribution is 0.253. The van der Waals surface area contributed by atoms with Crippen LogP contribution in [0.1, 0.15) is 18.4 Å². The molecule has 5 rings (SSSR count). The predicted molar refractivity (Wildman–Crippen MR) is 125 cm³/mol. The fourth-order valence-electron chi connectivity index (χ4n) is 4.42. The van der Waals surface area contributed by atoms with Crippen LogP contribution in [-0.2, 0) is 6.42 Å². The minimum Gasteiger partial charge on any atom is -0.368 e. The fraction of sp³-hybridized carbons (Fsp3) is 0.320. The quantitative estimate of drug-likeness (QED) is 0.392. The molecule has 29 heavy (non-hydrogen) atoms. The van der Waals surface area contributed by atoms with E-state index in [0.717, 1.165) is 31.7 Å². The Bertz CT molecular complexity index is 1090. The summed E-state index contributed by atoms with van der Waals surface area (Å²) < 4.78 is 1.31. The van der Waals surface area contributed by atoms with E-state index in [9.17, 15) is 0 Å². The maximum atomic E-state index is 4.37. The molecule has 1 aliphatic rings. The van der Waals surface area contributed by atoms with Gasteiger partial charge in [0.1, 0.15) is 0 Å². The number of aryl methyl sites for hydroxylation is 1. The van der Waals surface area contributed by atoms with E-state index < -0.39 is 0 Å². The van der Waals surface area contributed by atoms with Crippen molar-refractivity contribution >= 4 is 38.0 Å². The summed E-state index contributed by atoms with van der Waals surface area (Å²) in [6.07, 6.45) is 3.70. The molecular weight excluding hydrogens is 374 g/mol. The van der Waals surface area contributed by atoms with Crippen molar-refractivity contribution in [1.82, 2.24) is 9.88 Å². The van der Waals surface area contributed by atoms with Gasteiger partial charge in [-0.3, -0.25) is 4.90 Å². The van der Waals surface area contributed by atoms with Crippen LogP contribution in [0.3, 0.4) is 0 Å². The summed E-state index contributed by atoms with van der Waals surface area (Å²) in [7, 11) is 0. The third-order valence-electron chi connectivity index (χ3n) is 6.07. The van der Waals surface area contributed by atoms with E-state index in [-0.39, 0.29) is 0 Å². The first kappa shape index (κ1) is 18.6. The highest BCUT2D eigenvalue weighted by molar-refractivity contribution is 7.16. The molecule has 0 aliphatic carbocycles. The molecule has 1 fully saturated rings. The summed E-state index contributed by atoms with van der Waals surface area (Å²) >= 11 is 1.74. The number of aromatic nitrogens is 1. The van der Waals surface area contributed by atoms with E-state index in [2.05, 4.69) is 75.4 Å². The zero-order chi connectivity index (χ0) is 19.5. The Kier molecular flexibility index (Phi) is 5.46. The molecule has 1 aliphatic heterocycles. The van der Waals surface area contributed by atoms with Crippen molar-refractivity contribution in [1.29, 1.82) is 0 Å². The van der Waals surface area contributed by atoms with E-state index in [1.54, 1.807) is 11.3 Å². The normalized spacial score (nSPS) is 15.4. The van der Waals surface area contributed by atoms with Crippen molar-refractivity contribution in [2.24, 2.45) is 0 Å². The topological polar surface area (TPSA) is 19.4 Å². The molecule has 3 nitrogen and oxygen atoms in total. The number of anilines is 1. The molecule has 0 unspecified atom stereocenters. The summed E-state index contributed by atoms with van der Waals surface area (Å²) in [5, 5.41) is 2.71. The molecule has 0 bridgehead atoms. The second-order valence-corrected chi connectivity index (χ2v) is 8.82. The molecule has 2 heterocycles.